The fourth-order valence-electron chi connectivity index (χ4n) is 2.88. The first-order chi connectivity index (χ1) is 9.55. The second kappa shape index (κ2) is 5.18. The molecule has 1 aliphatic rings. The minimum absolute atomic E-state index is 0.202. The maximum Gasteiger partial charge on any atom is 0.150 e. The van der Waals surface area contributed by atoms with Crippen LogP contribution in [0.4, 0.5) is 0 Å². The molecule has 1 fully saturated rings. The van der Waals surface area contributed by atoms with Crippen LogP contribution >= 0.6 is 0 Å². The van der Waals surface area contributed by atoms with Crippen molar-refractivity contribution in [1.29, 1.82) is 0 Å². The fourth-order valence-corrected chi connectivity index (χ4v) is 4.66. The number of sulfone groups is 1. The van der Waals surface area contributed by atoms with Crippen molar-refractivity contribution < 1.29 is 8.42 Å². The fraction of sp³-hybridized carbons (Fsp3) is 0.500. The molecule has 0 spiro atoms. The third-order valence-corrected chi connectivity index (χ3v) is 5.74. The lowest BCUT2D eigenvalue weighted by atomic mass is 10.00. The van der Waals surface area contributed by atoms with Crippen molar-refractivity contribution in [2.45, 2.75) is 25.8 Å². The Balaban J connectivity index is 1.80. The smallest absolute Gasteiger partial charge is 0.150 e. The number of hydrogen-bond donors (Lipinski definition) is 1. The van der Waals surface area contributed by atoms with E-state index in [1.807, 2.05) is 28.9 Å². The van der Waals surface area contributed by atoms with E-state index in [1.54, 1.807) is 0 Å². The van der Waals surface area contributed by atoms with Gasteiger partial charge in [0.15, 0.2) is 9.84 Å². The Morgan fingerprint density at radius 3 is 2.95 bits per heavy atom. The van der Waals surface area contributed by atoms with E-state index in [-0.39, 0.29) is 5.92 Å². The lowest BCUT2D eigenvalue weighted by Gasteiger charge is -2.20. The van der Waals surface area contributed by atoms with Crippen molar-refractivity contribution in [2.75, 3.05) is 11.5 Å². The van der Waals surface area contributed by atoms with Crippen molar-refractivity contribution in [3.05, 3.63) is 35.8 Å². The summed E-state index contributed by atoms with van der Waals surface area (Å²) < 4.78 is 25.3. The highest BCUT2D eigenvalue weighted by atomic mass is 32.2. The molecule has 3 rings (SSSR count). The maximum atomic E-state index is 11.7. The molecule has 2 aromatic rings. The SMILES string of the molecule is NCc1ccc2nc(CC3CCCS(=O)(=O)C3)cn2c1. The molecule has 5 nitrogen and oxygen atoms in total. The molecular weight excluding hydrogens is 274 g/mol. The molecule has 0 amide bonds. The minimum atomic E-state index is -2.84. The van der Waals surface area contributed by atoms with Gasteiger partial charge >= 0.3 is 0 Å². The molecular formula is C14H19N3O2S. The number of fused-ring (bicyclic) bond motifs is 1. The summed E-state index contributed by atoms with van der Waals surface area (Å²) in [5.74, 6) is 0.844. The van der Waals surface area contributed by atoms with E-state index in [2.05, 4.69) is 4.98 Å². The Bertz CT molecular complexity index is 721. The first-order valence-electron chi connectivity index (χ1n) is 6.93. The molecule has 0 radical (unpaired) electrons. The van der Waals surface area contributed by atoms with Crippen molar-refractivity contribution >= 4 is 15.5 Å². The van der Waals surface area contributed by atoms with E-state index < -0.39 is 9.84 Å². The van der Waals surface area contributed by atoms with Crippen LogP contribution in [0, 0.1) is 5.92 Å². The number of rotatable bonds is 3. The zero-order valence-corrected chi connectivity index (χ0v) is 12.1. The molecule has 1 unspecified atom stereocenters. The number of hydrogen-bond acceptors (Lipinski definition) is 4. The van der Waals surface area contributed by atoms with Gasteiger partial charge in [0, 0.05) is 18.9 Å². The van der Waals surface area contributed by atoms with Crippen LogP contribution in [0.25, 0.3) is 5.65 Å². The molecule has 0 saturated carbocycles. The summed E-state index contributed by atoms with van der Waals surface area (Å²) in [6, 6.07) is 3.92. The number of imidazole rings is 1. The van der Waals surface area contributed by atoms with E-state index in [0.29, 0.717) is 18.1 Å². The molecule has 20 heavy (non-hydrogen) atoms. The third-order valence-electron chi connectivity index (χ3n) is 3.85. The van der Waals surface area contributed by atoms with Crippen LogP contribution in [0.5, 0.6) is 0 Å². The number of pyridine rings is 1. The van der Waals surface area contributed by atoms with Gasteiger partial charge in [0.05, 0.1) is 17.2 Å². The molecule has 108 valence electrons. The van der Waals surface area contributed by atoms with E-state index in [4.69, 9.17) is 5.73 Å². The molecule has 0 aliphatic carbocycles. The van der Waals surface area contributed by atoms with Gasteiger partial charge in [0.25, 0.3) is 0 Å². The van der Waals surface area contributed by atoms with Gasteiger partial charge in [-0.2, -0.15) is 0 Å². The van der Waals surface area contributed by atoms with Gasteiger partial charge in [0.1, 0.15) is 5.65 Å². The molecule has 1 atom stereocenters. The van der Waals surface area contributed by atoms with Crippen LogP contribution in [0.1, 0.15) is 24.1 Å². The molecule has 3 heterocycles. The van der Waals surface area contributed by atoms with Gasteiger partial charge in [-0.3, -0.25) is 0 Å². The zero-order chi connectivity index (χ0) is 14.2. The highest BCUT2D eigenvalue weighted by Crippen LogP contribution is 2.22. The average molecular weight is 293 g/mol. The number of nitrogens with zero attached hydrogens (tertiary/aromatic N) is 2. The normalized spacial score (nSPS) is 22.1. The molecule has 0 aromatic carbocycles. The minimum Gasteiger partial charge on any atom is -0.326 e. The second-order valence-electron chi connectivity index (χ2n) is 5.57. The molecule has 2 aromatic heterocycles. The van der Waals surface area contributed by atoms with Crippen molar-refractivity contribution in [2.24, 2.45) is 11.7 Å². The first kappa shape index (κ1) is 13.6. The monoisotopic (exact) mass is 293 g/mol. The summed E-state index contributed by atoms with van der Waals surface area (Å²) in [5, 5.41) is 0. The summed E-state index contributed by atoms with van der Waals surface area (Å²) >= 11 is 0. The van der Waals surface area contributed by atoms with Gasteiger partial charge in [-0.25, -0.2) is 13.4 Å². The Morgan fingerprint density at radius 2 is 2.20 bits per heavy atom. The Labute approximate surface area is 118 Å². The molecule has 2 N–H and O–H groups in total. The van der Waals surface area contributed by atoms with Crippen LogP contribution in [-0.2, 0) is 22.8 Å². The van der Waals surface area contributed by atoms with Gasteiger partial charge in [-0.15, -0.1) is 0 Å². The van der Waals surface area contributed by atoms with Crippen LogP contribution < -0.4 is 5.73 Å². The largest absolute Gasteiger partial charge is 0.326 e. The standard InChI is InChI=1S/C14H19N3O2S/c15-7-12-3-4-14-16-13(9-17(14)8-12)6-11-2-1-5-20(18,19)10-11/h3-4,8-9,11H,1-2,5-7,10,15H2. The lowest BCUT2D eigenvalue weighted by Crippen LogP contribution is -2.26. The summed E-state index contributed by atoms with van der Waals surface area (Å²) in [6.07, 6.45) is 6.44. The first-order valence-corrected chi connectivity index (χ1v) is 8.75. The maximum absolute atomic E-state index is 11.7. The molecule has 0 bridgehead atoms. The Kier molecular flexibility index (Phi) is 3.52. The van der Waals surface area contributed by atoms with Crippen LogP contribution in [0.15, 0.2) is 24.5 Å². The molecule has 1 aliphatic heterocycles. The zero-order valence-electron chi connectivity index (χ0n) is 11.3. The average Bonchev–Trinajstić information content (AvgIpc) is 2.78. The van der Waals surface area contributed by atoms with Gasteiger partial charge in [-0.05, 0) is 36.8 Å². The predicted octanol–water partition coefficient (Wildman–Crippen LogP) is 1.16. The van der Waals surface area contributed by atoms with Gasteiger partial charge in [0.2, 0.25) is 0 Å². The van der Waals surface area contributed by atoms with E-state index in [0.717, 1.165) is 36.2 Å². The topological polar surface area (TPSA) is 77.5 Å². The summed E-state index contributed by atoms with van der Waals surface area (Å²) in [6.45, 7) is 0.504. The van der Waals surface area contributed by atoms with E-state index >= 15 is 0 Å². The highest BCUT2D eigenvalue weighted by molar-refractivity contribution is 7.91. The number of aromatic nitrogens is 2. The van der Waals surface area contributed by atoms with Gasteiger partial charge < -0.3 is 10.1 Å². The van der Waals surface area contributed by atoms with E-state index in [9.17, 15) is 8.42 Å². The molecule has 1 saturated heterocycles. The van der Waals surface area contributed by atoms with Crippen molar-refractivity contribution in [3.8, 4) is 0 Å². The predicted molar refractivity (Wildman–Crippen MR) is 78.2 cm³/mol. The van der Waals surface area contributed by atoms with Crippen LogP contribution in [0.3, 0.4) is 0 Å². The summed E-state index contributed by atoms with van der Waals surface area (Å²) in [4.78, 5) is 4.56. The quantitative estimate of drug-likeness (QED) is 0.921. The van der Waals surface area contributed by atoms with E-state index in [1.165, 1.54) is 0 Å². The Morgan fingerprint density at radius 1 is 1.35 bits per heavy atom. The Hall–Kier alpha value is -1.40. The summed E-state index contributed by atoms with van der Waals surface area (Å²) in [5.41, 5.74) is 8.53. The highest BCUT2D eigenvalue weighted by Gasteiger charge is 2.25. The van der Waals surface area contributed by atoms with Crippen molar-refractivity contribution in [3.63, 3.8) is 0 Å². The van der Waals surface area contributed by atoms with Crippen molar-refractivity contribution in [1.82, 2.24) is 9.38 Å². The second-order valence-corrected chi connectivity index (χ2v) is 7.79. The third kappa shape index (κ3) is 2.86. The lowest BCUT2D eigenvalue weighted by molar-refractivity contribution is 0.480. The summed E-state index contributed by atoms with van der Waals surface area (Å²) in [7, 11) is -2.84. The van der Waals surface area contributed by atoms with Crippen LogP contribution in [0.2, 0.25) is 0 Å². The van der Waals surface area contributed by atoms with Gasteiger partial charge in [-0.1, -0.05) is 6.07 Å². The van der Waals surface area contributed by atoms with Crippen LogP contribution in [-0.4, -0.2) is 29.3 Å². The number of nitrogens with two attached hydrogens (primary N) is 1. The molecule has 6 heteroatoms.